The Morgan fingerprint density at radius 2 is 1.77 bits per heavy atom. The average Bonchev–Trinajstić information content (AvgIpc) is 2.77. The highest BCUT2D eigenvalue weighted by Crippen LogP contribution is 2.40. The van der Waals surface area contributed by atoms with E-state index in [1.165, 1.54) is 5.56 Å². The molecular weight excluding hydrogens is 435 g/mol. The quantitative estimate of drug-likeness (QED) is 0.679. The number of nitrogens with zero attached hydrogens (tertiary/aromatic N) is 1. The average molecular weight is 469 g/mol. The topological polar surface area (TPSA) is 68.0 Å². The van der Waals surface area contributed by atoms with E-state index in [1.54, 1.807) is 7.11 Å². The summed E-state index contributed by atoms with van der Waals surface area (Å²) in [6.45, 7) is 5.50. The summed E-state index contributed by atoms with van der Waals surface area (Å²) < 4.78 is 11.7. The summed E-state index contributed by atoms with van der Waals surface area (Å²) in [6, 6.07) is 12.4. The van der Waals surface area contributed by atoms with Gasteiger partial charge >= 0.3 is 0 Å². The predicted molar refractivity (Wildman–Crippen MR) is 129 cm³/mol. The number of phenolic OH excluding ortho intramolecular Hbond substituents is 1. The van der Waals surface area contributed by atoms with Crippen molar-refractivity contribution in [1.29, 1.82) is 0 Å². The van der Waals surface area contributed by atoms with Crippen molar-refractivity contribution < 1.29 is 14.6 Å². The fourth-order valence-corrected chi connectivity index (χ4v) is 4.75. The summed E-state index contributed by atoms with van der Waals surface area (Å²) in [6.07, 6.45) is 3.02. The first kappa shape index (κ1) is 25.8. The molecule has 1 saturated heterocycles. The van der Waals surface area contributed by atoms with Gasteiger partial charge in [0, 0.05) is 25.1 Å². The Morgan fingerprint density at radius 3 is 2.39 bits per heavy atom. The molecule has 5 nitrogen and oxygen atoms in total. The second kappa shape index (κ2) is 11.4. The van der Waals surface area contributed by atoms with E-state index in [2.05, 4.69) is 23.1 Å². The van der Waals surface area contributed by atoms with Gasteiger partial charge in [0.25, 0.3) is 0 Å². The van der Waals surface area contributed by atoms with Crippen LogP contribution in [0.4, 0.5) is 0 Å². The second-order valence-corrected chi connectivity index (χ2v) is 8.36. The van der Waals surface area contributed by atoms with Crippen LogP contribution in [0.25, 0.3) is 0 Å². The lowest BCUT2D eigenvalue weighted by atomic mass is 9.83. The molecule has 2 aromatic rings. The molecule has 4 rings (SSSR count). The van der Waals surface area contributed by atoms with Crippen LogP contribution in [0.5, 0.6) is 11.5 Å². The van der Waals surface area contributed by atoms with Gasteiger partial charge in [-0.3, -0.25) is 4.90 Å². The SMILES string of the molecule is COc1ccc(CN2CCC([C@@H]3Cc4c(ccc(C)c4O)[C@H](CN)O3)CC2)cc1.Cl.Cl. The molecule has 172 valence electrons. The number of aromatic hydroxyl groups is 1. The highest BCUT2D eigenvalue weighted by molar-refractivity contribution is 5.85. The smallest absolute Gasteiger partial charge is 0.122 e. The van der Waals surface area contributed by atoms with Gasteiger partial charge in [-0.2, -0.15) is 0 Å². The van der Waals surface area contributed by atoms with Crippen LogP contribution >= 0.6 is 24.8 Å². The summed E-state index contributed by atoms with van der Waals surface area (Å²) >= 11 is 0. The molecule has 2 heterocycles. The molecule has 0 aliphatic carbocycles. The highest BCUT2D eigenvalue weighted by Gasteiger charge is 2.35. The van der Waals surface area contributed by atoms with Crippen molar-refractivity contribution in [2.45, 2.75) is 44.9 Å². The maximum absolute atomic E-state index is 10.6. The highest BCUT2D eigenvalue weighted by atomic mass is 35.5. The van der Waals surface area contributed by atoms with Gasteiger partial charge in [-0.25, -0.2) is 0 Å². The van der Waals surface area contributed by atoms with Crippen molar-refractivity contribution in [1.82, 2.24) is 4.90 Å². The molecule has 3 N–H and O–H groups in total. The summed E-state index contributed by atoms with van der Waals surface area (Å²) in [5, 5.41) is 10.6. The van der Waals surface area contributed by atoms with Crippen molar-refractivity contribution in [3.63, 3.8) is 0 Å². The lowest BCUT2D eigenvalue weighted by Crippen LogP contribution is -2.41. The number of benzene rings is 2. The van der Waals surface area contributed by atoms with Gasteiger partial charge in [0.05, 0.1) is 19.3 Å². The number of hydrogen-bond donors (Lipinski definition) is 2. The van der Waals surface area contributed by atoms with E-state index in [0.717, 1.165) is 61.3 Å². The van der Waals surface area contributed by atoms with Crippen LogP contribution in [0, 0.1) is 12.8 Å². The van der Waals surface area contributed by atoms with Crippen molar-refractivity contribution in [3.05, 3.63) is 58.7 Å². The third kappa shape index (κ3) is 5.65. The standard InChI is InChI=1S/C24H32N2O3.2ClH/c1-16-3-8-20-21(24(16)27)13-22(29-23(20)14-25)18-9-11-26(12-10-18)15-17-4-6-19(28-2)7-5-17;;/h3-8,18,22-23,27H,9-15,25H2,1-2H3;2*1H/t22-,23-;;/m0../s1. The van der Waals surface area contributed by atoms with Crippen LogP contribution in [0.1, 0.15) is 41.2 Å². The molecule has 0 spiro atoms. The van der Waals surface area contributed by atoms with E-state index >= 15 is 0 Å². The van der Waals surface area contributed by atoms with E-state index in [9.17, 15) is 5.11 Å². The molecule has 0 unspecified atom stereocenters. The van der Waals surface area contributed by atoms with Gasteiger partial charge in [-0.1, -0.05) is 24.3 Å². The van der Waals surface area contributed by atoms with Gasteiger partial charge in [-0.05, 0) is 67.6 Å². The molecule has 2 aliphatic rings. The summed E-state index contributed by atoms with van der Waals surface area (Å²) in [4.78, 5) is 2.51. The Hall–Kier alpha value is -1.50. The van der Waals surface area contributed by atoms with Crippen molar-refractivity contribution >= 4 is 24.8 Å². The molecule has 2 atom stereocenters. The Morgan fingerprint density at radius 1 is 1.10 bits per heavy atom. The fraction of sp³-hybridized carbons (Fsp3) is 0.500. The number of nitrogens with two attached hydrogens (primary N) is 1. The molecule has 0 amide bonds. The van der Waals surface area contributed by atoms with Gasteiger partial charge in [0.15, 0.2) is 0 Å². The van der Waals surface area contributed by atoms with Gasteiger partial charge in [-0.15, -0.1) is 24.8 Å². The number of methoxy groups -OCH3 is 1. The maximum atomic E-state index is 10.6. The second-order valence-electron chi connectivity index (χ2n) is 8.36. The molecule has 0 aromatic heterocycles. The monoisotopic (exact) mass is 468 g/mol. The first-order valence-electron chi connectivity index (χ1n) is 10.6. The largest absolute Gasteiger partial charge is 0.507 e. The molecule has 7 heteroatoms. The lowest BCUT2D eigenvalue weighted by Gasteiger charge is -2.40. The Kier molecular flexibility index (Phi) is 9.46. The number of hydrogen-bond acceptors (Lipinski definition) is 5. The van der Waals surface area contributed by atoms with E-state index in [0.29, 0.717) is 18.2 Å². The summed E-state index contributed by atoms with van der Waals surface area (Å²) in [7, 11) is 1.70. The van der Waals surface area contributed by atoms with Gasteiger partial charge in [0.2, 0.25) is 0 Å². The minimum Gasteiger partial charge on any atom is -0.507 e. The zero-order valence-corrected chi connectivity index (χ0v) is 19.9. The molecule has 0 radical (unpaired) electrons. The number of fused-ring (bicyclic) bond motifs is 1. The molecule has 1 fully saturated rings. The number of phenols is 1. The molecular formula is C24H34Cl2N2O3. The zero-order chi connectivity index (χ0) is 20.4. The zero-order valence-electron chi connectivity index (χ0n) is 18.3. The first-order chi connectivity index (χ1) is 14.1. The molecule has 2 aromatic carbocycles. The van der Waals surface area contributed by atoms with Gasteiger partial charge < -0.3 is 20.3 Å². The van der Waals surface area contributed by atoms with E-state index in [4.69, 9.17) is 15.2 Å². The van der Waals surface area contributed by atoms with Crippen LogP contribution in [-0.4, -0.2) is 42.9 Å². The molecule has 0 saturated carbocycles. The maximum Gasteiger partial charge on any atom is 0.122 e. The molecule has 0 bridgehead atoms. The van der Waals surface area contributed by atoms with Crippen LogP contribution in [-0.2, 0) is 17.7 Å². The first-order valence-corrected chi connectivity index (χ1v) is 10.6. The van der Waals surface area contributed by atoms with Crippen molar-refractivity contribution in [2.75, 3.05) is 26.7 Å². The predicted octanol–water partition coefficient (Wildman–Crippen LogP) is 4.41. The van der Waals surface area contributed by atoms with Crippen LogP contribution in [0.15, 0.2) is 36.4 Å². The third-order valence-electron chi connectivity index (χ3n) is 6.55. The van der Waals surface area contributed by atoms with Crippen LogP contribution in [0.2, 0.25) is 0 Å². The van der Waals surface area contributed by atoms with Crippen LogP contribution in [0.3, 0.4) is 0 Å². The normalized spacial score (nSPS) is 21.5. The van der Waals surface area contributed by atoms with E-state index < -0.39 is 0 Å². The Labute approximate surface area is 197 Å². The number of ether oxygens (including phenoxy) is 2. The minimum atomic E-state index is -0.118. The minimum absolute atomic E-state index is 0. The third-order valence-corrected chi connectivity index (χ3v) is 6.55. The molecule has 31 heavy (non-hydrogen) atoms. The van der Waals surface area contributed by atoms with Crippen molar-refractivity contribution in [2.24, 2.45) is 11.7 Å². The molecule has 2 aliphatic heterocycles. The lowest BCUT2D eigenvalue weighted by molar-refractivity contribution is -0.0651. The number of rotatable bonds is 5. The number of piperidine rings is 1. The van der Waals surface area contributed by atoms with Gasteiger partial charge in [0.1, 0.15) is 11.5 Å². The number of halogens is 2. The van der Waals surface area contributed by atoms with Crippen molar-refractivity contribution in [3.8, 4) is 11.5 Å². The Bertz CT molecular complexity index is 839. The van der Waals surface area contributed by atoms with Crippen LogP contribution < -0.4 is 10.5 Å². The number of aryl methyl sites for hydroxylation is 1. The number of likely N-dealkylation sites (tertiary alicyclic amines) is 1. The van der Waals surface area contributed by atoms with E-state index in [1.807, 2.05) is 25.1 Å². The fourth-order valence-electron chi connectivity index (χ4n) is 4.75. The Balaban J connectivity index is 0.00000171. The van der Waals surface area contributed by atoms with E-state index in [-0.39, 0.29) is 37.0 Å². The summed E-state index contributed by atoms with van der Waals surface area (Å²) in [5.41, 5.74) is 10.3. The summed E-state index contributed by atoms with van der Waals surface area (Å²) in [5.74, 6) is 1.82.